The highest BCUT2D eigenvalue weighted by Crippen LogP contribution is 2.20. The molecule has 7 heteroatoms. The average Bonchev–Trinajstić information content (AvgIpc) is 2.55. The van der Waals surface area contributed by atoms with E-state index in [9.17, 15) is 9.59 Å². The van der Waals surface area contributed by atoms with E-state index in [0.717, 1.165) is 36.3 Å². The summed E-state index contributed by atoms with van der Waals surface area (Å²) in [5.74, 6) is 0.0681. The van der Waals surface area contributed by atoms with Crippen LogP contribution >= 0.6 is 15.9 Å². The lowest BCUT2D eigenvalue weighted by atomic mass is 10.3. The molecule has 0 saturated carbocycles. The third-order valence-corrected chi connectivity index (χ3v) is 4.43. The highest BCUT2D eigenvalue weighted by atomic mass is 79.9. The van der Waals surface area contributed by atoms with Crippen LogP contribution in [0.25, 0.3) is 0 Å². The second-order valence-corrected chi connectivity index (χ2v) is 6.50. The monoisotopic (exact) mass is 382 g/mol. The van der Waals surface area contributed by atoms with Gasteiger partial charge in [0.15, 0.2) is 0 Å². The van der Waals surface area contributed by atoms with Gasteiger partial charge in [0.05, 0.1) is 12.2 Å². The lowest BCUT2D eigenvalue weighted by Crippen LogP contribution is -2.47. The summed E-state index contributed by atoms with van der Waals surface area (Å²) in [6.07, 6.45) is 0.443. The van der Waals surface area contributed by atoms with Crippen LogP contribution in [-0.2, 0) is 9.59 Å². The molecule has 0 aliphatic carbocycles. The molecule has 2 N–H and O–H groups in total. The van der Waals surface area contributed by atoms with Crippen LogP contribution in [-0.4, -0.2) is 67.9 Å². The predicted molar refractivity (Wildman–Crippen MR) is 94.3 cm³/mol. The van der Waals surface area contributed by atoms with Gasteiger partial charge in [0.2, 0.25) is 11.8 Å². The number of likely N-dealkylation sites (N-methyl/N-ethyl adjacent to an activating group) is 1. The molecule has 0 spiro atoms. The lowest BCUT2D eigenvalue weighted by molar-refractivity contribution is -0.132. The zero-order chi connectivity index (χ0) is 16.7. The van der Waals surface area contributed by atoms with Crippen molar-refractivity contribution in [2.45, 2.75) is 6.42 Å². The molecule has 6 nitrogen and oxygen atoms in total. The van der Waals surface area contributed by atoms with Gasteiger partial charge in [-0.3, -0.25) is 14.5 Å². The van der Waals surface area contributed by atoms with Crippen LogP contribution < -0.4 is 10.6 Å². The van der Waals surface area contributed by atoms with Crippen molar-refractivity contribution in [1.29, 1.82) is 0 Å². The molecule has 126 valence electrons. The van der Waals surface area contributed by atoms with Crippen LogP contribution in [0.15, 0.2) is 28.7 Å². The minimum atomic E-state index is -0.0889. The van der Waals surface area contributed by atoms with Crippen LogP contribution in [0.2, 0.25) is 0 Å². The maximum absolute atomic E-state index is 12.1. The van der Waals surface area contributed by atoms with E-state index in [1.54, 1.807) is 0 Å². The Bertz CT molecular complexity index is 547. The number of halogens is 1. The number of carbonyl (C=O) groups excluding carboxylic acids is 2. The Morgan fingerprint density at radius 2 is 2.00 bits per heavy atom. The van der Waals surface area contributed by atoms with Crippen molar-refractivity contribution in [2.24, 2.45) is 0 Å². The molecule has 2 amide bonds. The molecule has 0 aromatic heterocycles. The van der Waals surface area contributed by atoms with Crippen molar-refractivity contribution in [3.05, 3.63) is 28.7 Å². The number of carbonyl (C=O) groups is 2. The number of amides is 2. The highest BCUT2D eigenvalue weighted by Gasteiger charge is 2.17. The van der Waals surface area contributed by atoms with E-state index in [1.807, 2.05) is 41.1 Å². The first-order valence-corrected chi connectivity index (χ1v) is 8.57. The van der Waals surface area contributed by atoms with Crippen molar-refractivity contribution < 1.29 is 9.59 Å². The first-order chi connectivity index (χ1) is 11.1. The smallest absolute Gasteiger partial charge is 0.238 e. The summed E-state index contributed by atoms with van der Waals surface area (Å²) < 4.78 is 0.852. The van der Waals surface area contributed by atoms with E-state index >= 15 is 0 Å². The number of nitrogens with one attached hydrogen (secondary N) is 2. The summed E-state index contributed by atoms with van der Waals surface area (Å²) in [7, 11) is 1.85. The second kappa shape index (κ2) is 9.00. The summed E-state index contributed by atoms with van der Waals surface area (Å²) >= 11 is 3.40. The molecule has 1 aliphatic rings. The van der Waals surface area contributed by atoms with Gasteiger partial charge in [0.1, 0.15) is 0 Å². The first kappa shape index (κ1) is 17.9. The fourth-order valence-electron chi connectivity index (χ4n) is 2.44. The molecule has 1 aromatic rings. The minimum absolute atomic E-state index is 0.0889. The van der Waals surface area contributed by atoms with E-state index in [1.165, 1.54) is 0 Å². The van der Waals surface area contributed by atoms with Crippen LogP contribution in [0.3, 0.4) is 0 Å². The van der Waals surface area contributed by atoms with Gasteiger partial charge in [-0.05, 0) is 35.1 Å². The number of nitrogens with zero attached hydrogens (tertiary/aromatic N) is 2. The van der Waals surface area contributed by atoms with E-state index in [2.05, 4.69) is 26.6 Å². The summed E-state index contributed by atoms with van der Waals surface area (Å²) in [5, 5.41) is 6.09. The van der Waals surface area contributed by atoms with Gasteiger partial charge in [0.25, 0.3) is 0 Å². The van der Waals surface area contributed by atoms with Crippen LogP contribution in [0.1, 0.15) is 6.42 Å². The molecule has 0 atom stereocenters. The third kappa shape index (κ3) is 5.93. The topological polar surface area (TPSA) is 64.7 Å². The van der Waals surface area contributed by atoms with E-state index < -0.39 is 0 Å². The van der Waals surface area contributed by atoms with Gasteiger partial charge in [-0.25, -0.2) is 0 Å². The number of para-hydroxylation sites is 1. The molecule has 0 unspecified atom stereocenters. The van der Waals surface area contributed by atoms with E-state index in [4.69, 9.17) is 0 Å². The molecule has 0 radical (unpaired) electrons. The Morgan fingerprint density at radius 3 is 2.70 bits per heavy atom. The van der Waals surface area contributed by atoms with Crippen molar-refractivity contribution in [2.75, 3.05) is 51.6 Å². The summed E-state index contributed by atoms with van der Waals surface area (Å²) in [4.78, 5) is 27.9. The largest absolute Gasteiger partial charge is 0.340 e. The Balaban J connectivity index is 1.71. The van der Waals surface area contributed by atoms with Gasteiger partial charge in [-0.2, -0.15) is 0 Å². The van der Waals surface area contributed by atoms with E-state index in [0.29, 0.717) is 13.0 Å². The molecule has 1 aromatic carbocycles. The zero-order valence-corrected chi connectivity index (χ0v) is 14.9. The molecule has 1 saturated heterocycles. The van der Waals surface area contributed by atoms with Gasteiger partial charge < -0.3 is 15.5 Å². The zero-order valence-electron chi connectivity index (χ0n) is 13.3. The molecule has 23 heavy (non-hydrogen) atoms. The molecular weight excluding hydrogens is 360 g/mol. The number of anilines is 1. The number of benzene rings is 1. The lowest BCUT2D eigenvalue weighted by Gasteiger charge is -2.28. The average molecular weight is 383 g/mol. The number of hydrogen-bond donors (Lipinski definition) is 2. The van der Waals surface area contributed by atoms with Gasteiger partial charge in [0, 0.05) is 43.6 Å². The summed E-state index contributed by atoms with van der Waals surface area (Å²) in [6.45, 7) is 4.09. The van der Waals surface area contributed by atoms with E-state index in [-0.39, 0.29) is 18.4 Å². The number of hydrogen-bond acceptors (Lipinski definition) is 4. The number of rotatable bonds is 6. The molecule has 0 bridgehead atoms. The predicted octanol–water partition coefficient (Wildman–Crippen LogP) is 1.14. The van der Waals surface area contributed by atoms with Gasteiger partial charge in [-0.15, -0.1) is 0 Å². The fourth-order valence-corrected chi connectivity index (χ4v) is 2.82. The maximum atomic E-state index is 12.1. The van der Waals surface area contributed by atoms with Crippen molar-refractivity contribution in [3.8, 4) is 0 Å². The Hall–Kier alpha value is -1.44. The Labute approximate surface area is 145 Å². The summed E-state index contributed by atoms with van der Waals surface area (Å²) in [6, 6.07) is 7.49. The molecule has 1 fully saturated rings. The van der Waals surface area contributed by atoms with Crippen molar-refractivity contribution in [1.82, 2.24) is 15.1 Å². The number of piperazine rings is 1. The quantitative estimate of drug-likeness (QED) is 0.774. The second-order valence-electron chi connectivity index (χ2n) is 5.65. The molecule has 1 aliphatic heterocycles. The fraction of sp³-hybridized carbons (Fsp3) is 0.500. The molecule has 1 heterocycles. The Kier molecular flexibility index (Phi) is 7.01. The minimum Gasteiger partial charge on any atom is -0.340 e. The standard InChI is InChI=1S/C16H23BrN4O2/c1-20(9-6-16(23)21-10-7-18-8-11-21)12-15(22)19-14-5-3-2-4-13(14)17/h2-5,18H,6-12H2,1H3,(H,19,22). The highest BCUT2D eigenvalue weighted by molar-refractivity contribution is 9.10. The first-order valence-electron chi connectivity index (χ1n) is 7.77. The van der Waals surface area contributed by atoms with Gasteiger partial charge in [-0.1, -0.05) is 12.1 Å². The normalized spacial score (nSPS) is 14.8. The SMILES string of the molecule is CN(CCC(=O)N1CCNCC1)CC(=O)Nc1ccccc1Br. The van der Waals surface area contributed by atoms with Gasteiger partial charge >= 0.3 is 0 Å². The maximum Gasteiger partial charge on any atom is 0.238 e. The van der Waals surface area contributed by atoms with Crippen LogP contribution in [0, 0.1) is 0 Å². The van der Waals surface area contributed by atoms with Crippen molar-refractivity contribution >= 4 is 33.4 Å². The van der Waals surface area contributed by atoms with Crippen LogP contribution in [0.4, 0.5) is 5.69 Å². The van der Waals surface area contributed by atoms with Crippen LogP contribution in [0.5, 0.6) is 0 Å². The summed E-state index contributed by atoms with van der Waals surface area (Å²) in [5.41, 5.74) is 0.753. The van der Waals surface area contributed by atoms with Crippen molar-refractivity contribution in [3.63, 3.8) is 0 Å². The molecular formula is C16H23BrN4O2. The Morgan fingerprint density at radius 1 is 1.30 bits per heavy atom. The molecule has 2 rings (SSSR count). The third-order valence-electron chi connectivity index (χ3n) is 3.74.